The summed E-state index contributed by atoms with van der Waals surface area (Å²) in [7, 11) is 3.54. The Kier molecular flexibility index (Phi) is 4.66. The molecule has 0 bridgehead atoms. The van der Waals surface area contributed by atoms with Crippen molar-refractivity contribution in [1.82, 2.24) is 0 Å². The Hall–Kier alpha value is -1.97. The fraction of sp³-hybridized carbons (Fsp3) is 0.438. The Balaban J connectivity index is 2.17. The normalized spacial score (nSPS) is 15.1. The number of benzene rings is 1. The van der Waals surface area contributed by atoms with Crippen LogP contribution in [0.25, 0.3) is 0 Å². The molecule has 1 aromatic rings. The van der Waals surface area contributed by atoms with E-state index in [0.717, 1.165) is 25.2 Å². The van der Waals surface area contributed by atoms with E-state index in [1.54, 1.807) is 0 Å². The summed E-state index contributed by atoms with van der Waals surface area (Å²) < 4.78 is 4.80. The summed E-state index contributed by atoms with van der Waals surface area (Å²) in [4.78, 5) is 16.2. The van der Waals surface area contributed by atoms with Crippen molar-refractivity contribution in [3.8, 4) is 0 Å². The zero-order chi connectivity index (χ0) is 14.5. The number of ether oxygens (including phenoxy) is 1. The predicted molar refractivity (Wildman–Crippen MR) is 82.3 cm³/mol. The van der Waals surface area contributed by atoms with Crippen molar-refractivity contribution in [2.45, 2.75) is 13.3 Å². The Labute approximate surface area is 120 Å². The minimum Gasteiger partial charge on any atom is -0.466 e. The summed E-state index contributed by atoms with van der Waals surface area (Å²) >= 11 is 0. The molecular weight excluding hydrogens is 252 g/mol. The molecular formula is C16H22N2O2. The maximum Gasteiger partial charge on any atom is 0.333 e. The molecule has 2 rings (SSSR count). The molecule has 1 heterocycles. The summed E-state index contributed by atoms with van der Waals surface area (Å²) in [6, 6.07) is 8.37. The number of esters is 1. The van der Waals surface area contributed by atoms with E-state index in [2.05, 4.69) is 41.1 Å². The molecule has 0 unspecified atom stereocenters. The molecule has 20 heavy (non-hydrogen) atoms. The highest BCUT2D eigenvalue weighted by Crippen LogP contribution is 2.31. The van der Waals surface area contributed by atoms with Crippen LogP contribution in [0.15, 0.2) is 35.9 Å². The second-order valence-corrected chi connectivity index (χ2v) is 4.93. The van der Waals surface area contributed by atoms with Gasteiger partial charge in [0.2, 0.25) is 0 Å². The van der Waals surface area contributed by atoms with E-state index in [1.807, 2.05) is 13.0 Å². The number of hydrogen-bond donors (Lipinski definition) is 0. The van der Waals surface area contributed by atoms with Gasteiger partial charge in [-0.05, 0) is 18.6 Å². The van der Waals surface area contributed by atoms with Crippen LogP contribution >= 0.6 is 0 Å². The molecule has 0 amide bonds. The van der Waals surface area contributed by atoms with Gasteiger partial charge in [0.05, 0.1) is 18.5 Å². The number of anilines is 2. The van der Waals surface area contributed by atoms with Gasteiger partial charge in [-0.15, -0.1) is 0 Å². The van der Waals surface area contributed by atoms with Gasteiger partial charge in [-0.1, -0.05) is 25.1 Å². The zero-order valence-corrected chi connectivity index (χ0v) is 12.4. The molecule has 0 aromatic heterocycles. The van der Waals surface area contributed by atoms with Crippen molar-refractivity contribution in [3.05, 3.63) is 35.9 Å². The molecule has 1 aliphatic heterocycles. The van der Waals surface area contributed by atoms with Gasteiger partial charge < -0.3 is 14.5 Å². The molecule has 0 atom stereocenters. The lowest BCUT2D eigenvalue weighted by molar-refractivity contribution is -0.136. The summed E-state index contributed by atoms with van der Waals surface area (Å²) in [5.41, 5.74) is 3.20. The lowest BCUT2D eigenvalue weighted by Crippen LogP contribution is -2.39. The van der Waals surface area contributed by atoms with Crippen LogP contribution in [0.1, 0.15) is 13.3 Å². The van der Waals surface area contributed by atoms with Crippen LogP contribution in [0.2, 0.25) is 0 Å². The number of carbonyl (C=O) groups excluding carboxylic acids is 1. The van der Waals surface area contributed by atoms with Gasteiger partial charge >= 0.3 is 5.97 Å². The molecule has 4 heteroatoms. The largest absolute Gasteiger partial charge is 0.466 e. The van der Waals surface area contributed by atoms with Crippen molar-refractivity contribution in [2.75, 3.05) is 43.6 Å². The van der Waals surface area contributed by atoms with E-state index in [4.69, 9.17) is 4.74 Å². The molecule has 108 valence electrons. The van der Waals surface area contributed by atoms with Gasteiger partial charge in [-0.3, -0.25) is 0 Å². The van der Waals surface area contributed by atoms with Crippen LogP contribution in [0.3, 0.4) is 0 Å². The third kappa shape index (κ3) is 2.95. The molecule has 1 aromatic carbocycles. The Bertz CT molecular complexity index is 511. The highest BCUT2D eigenvalue weighted by Gasteiger charge is 2.19. The van der Waals surface area contributed by atoms with E-state index < -0.39 is 0 Å². The fourth-order valence-corrected chi connectivity index (χ4v) is 2.48. The summed E-state index contributed by atoms with van der Waals surface area (Å²) in [5.74, 6) is -0.227. The first kappa shape index (κ1) is 14.4. The monoisotopic (exact) mass is 274 g/mol. The SMILES string of the molecule is CCC(=CCN1CCN(C)c2ccccc21)C(=O)OC. The van der Waals surface area contributed by atoms with E-state index in [-0.39, 0.29) is 5.97 Å². The molecule has 0 spiro atoms. The van der Waals surface area contributed by atoms with Gasteiger partial charge in [0.1, 0.15) is 0 Å². The van der Waals surface area contributed by atoms with Crippen LogP contribution in [0, 0.1) is 0 Å². The molecule has 0 saturated heterocycles. The number of rotatable bonds is 4. The number of fused-ring (bicyclic) bond motifs is 1. The lowest BCUT2D eigenvalue weighted by Gasteiger charge is -2.36. The Morgan fingerprint density at radius 3 is 2.65 bits per heavy atom. The lowest BCUT2D eigenvalue weighted by atomic mass is 10.1. The molecule has 4 nitrogen and oxygen atoms in total. The molecule has 1 aliphatic rings. The third-order valence-corrected chi connectivity index (χ3v) is 3.73. The maximum absolute atomic E-state index is 11.6. The van der Waals surface area contributed by atoms with Gasteiger partial charge in [-0.25, -0.2) is 4.79 Å². The van der Waals surface area contributed by atoms with Crippen LogP contribution in [0.5, 0.6) is 0 Å². The van der Waals surface area contributed by atoms with Crippen molar-refractivity contribution in [2.24, 2.45) is 0 Å². The van der Waals surface area contributed by atoms with Gasteiger partial charge in [0.15, 0.2) is 0 Å². The highest BCUT2D eigenvalue weighted by atomic mass is 16.5. The number of likely N-dealkylation sites (N-methyl/N-ethyl adjacent to an activating group) is 1. The number of hydrogen-bond acceptors (Lipinski definition) is 4. The second-order valence-electron chi connectivity index (χ2n) is 4.93. The standard InChI is InChI=1S/C16H22N2O2/c1-4-13(16(19)20-3)9-10-18-12-11-17(2)14-7-5-6-8-15(14)18/h5-9H,4,10-12H2,1-3H3. The second kappa shape index (κ2) is 6.46. The number of nitrogens with zero attached hydrogens (tertiary/aromatic N) is 2. The van der Waals surface area contributed by atoms with Gasteiger partial charge in [-0.2, -0.15) is 0 Å². The number of methoxy groups -OCH3 is 1. The average Bonchev–Trinajstić information content (AvgIpc) is 2.49. The quantitative estimate of drug-likeness (QED) is 0.623. The van der Waals surface area contributed by atoms with Crippen molar-refractivity contribution < 1.29 is 9.53 Å². The van der Waals surface area contributed by atoms with Gasteiger partial charge in [0, 0.05) is 32.3 Å². The first-order chi connectivity index (χ1) is 9.67. The van der Waals surface area contributed by atoms with Gasteiger partial charge in [0.25, 0.3) is 0 Å². The third-order valence-electron chi connectivity index (χ3n) is 3.73. The smallest absolute Gasteiger partial charge is 0.333 e. The molecule has 0 saturated carbocycles. The van der Waals surface area contributed by atoms with Crippen molar-refractivity contribution in [3.63, 3.8) is 0 Å². The van der Waals surface area contributed by atoms with Crippen molar-refractivity contribution >= 4 is 17.3 Å². The van der Waals surface area contributed by atoms with Crippen LogP contribution in [-0.2, 0) is 9.53 Å². The maximum atomic E-state index is 11.6. The summed E-state index contributed by atoms with van der Waals surface area (Å²) in [6.07, 6.45) is 2.68. The van der Waals surface area contributed by atoms with Crippen LogP contribution in [-0.4, -0.2) is 39.8 Å². The first-order valence-electron chi connectivity index (χ1n) is 6.99. The zero-order valence-electron chi connectivity index (χ0n) is 12.4. The molecule has 0 aliphatic carbocycles. The average molecular weight is 274 g/mol. The highest BCUT2D eigenvalue weighted by molar-refractivity contribution is 5.88. The minimum absolute atomic E-state index is 0.227. The van der Waals surface area contributed by atoms with Crippen molar-refractivity contribution in [1.29, 1.82) is 0 Å². The first-order valence-corrected chi connectivity index (χ1v) is 6.99. The van der Waals surface area contributed by atoms with E-state index in [1.165, 1.54) is 18.5 Å². The van der Waals surface area contributed by atoms with E-state index >= 15 is 0 Å². The molecule has 0 radical (unpaired) electrons. The number of para-hydroxylation sites is 2. The minimum atomic E-state index is -0.227. The Morgan fingerprint density at radius 1 is 1.30 bits per heavy atom. The summed E-state index contributed by atoms with van der Waals surface area (Å²) in [6.45, 7) is 4.66. The Morgan fingerprint density at radius 2 is 2.00 bits per heavy atom. The molecule has 0 N–H and O–H groups in total. The van der Waals surface area contributed by atoms with E-state index in [0.29, 0.717) is 6.42 Å². The fourth-order valence-electron chi connectivity index (χ4n) is 2.48. The van der Waals surface area contributed by atoms with Crippen LogP contribution < -0.4 is 9.80 Å². The topological polar surface area (TPSA) is 32.8 Å². The van der Waals surface area contributed by atoms with E-state index in [9.17, 15) is 4.79 Å². The molecule has 0 fully saturated rings. The number of carbonyl (C=O) groups is 1. The summed E-state index contributed by atoms with van der Waals surface area (Å²) in [5, 5.41) is 0. The predicted octanol–water partition coefficient (Wildman–Crippen LogP) is 2.45. The van der Waals surface area contributed by atoms with Crippen LogP contribution in [0.4, 0.5) is 11.4 Å².